The van der Waals surface area contributed by atoms with E-state index in [0.717, 1.165) is 17.0 Å². The summed E-state index contributed by atoms with van der Waals surface area (Å²) < 4.78 is 34.4. The van der Waals surface area contributed by atoms with E-state index < -0.39 is 23.4 Å². The molecule has 1 heterocycles. The standard InChI is InChI=1S/C20H14F2N2O2/c21-15-8-4-9-16(22)19(15)24-17-10-5-11-18(14(17)12-23-20(24)25)26-13-6-2-1-3-7-13/h1-11H,12H2,(H,23,25). The van der Waals surface area contributed by atoms with Crippen molar-refractivity contribution in [3.05, 3.63) is 83.9 Å². The molecule has 0 fully saturated rings. The van der Waals surface area contributed by atoms with Crippen LogP contribution in [0.1, 0.15) is 5.56 Å². The fourth-order valence-electron chi connectivity index (χ4n) is 2.93. The number of carbonyl (C=O) groups excluding carboxylic acids is 1. The van der Waals surface area contributed by atoms with Crippen LogP contribution in [0.4, 0.5) is 25.0 Å². The number of para-hydroxylation sites is 2. The van der Waals surface area contributed by atoms with E-state index in [0.29, 0.717) is 22.7 Å². The number of nitrogens with zero attached hydrogens (tertiary/aromatic N) is 1. The van der Waals surface area contributed by atoms with E-state index in [1.807, 2.05) is 18.2 Å². The van der Waals surface area contributed by atoms with Crippen molar-refractivity contribution in [1.82, 2.24) is 5.32 Å². The Morgan fingerprint density at radius 2 is 1.58 bits per heavy atom. The minimum atomic E-state index is -0.817. The van der Waals surface area contributed by atoms with E-state index in [2.05, 4.69) is 5.32 Å². The SMILES string of the molecule is O=C1NCc2c(Oc3ccccc3)cccc2N1c1c(F)cccc1F. The van der Waals surface area contributed by atoms with Crippen molar-refractivity contribution in [2.24, 2.45) is 0 Å². The number of nitrogens with one attached hydrogen (secondary N) is 1. The molecule has 3 aromatic carbocycles. The molecule has 1 aliphatic heterocycles. The van der Waals surface area contributed by atoms with Gasteiger partial charge in [0.1, 0.15) is 28.8 Å². The van der Waals surface area contributed by atoms with Crippen LogP contribution in [-0.2, 0) is 6.54 Å². The Morgan fingerprint density at radius 3 is 2.31 bits per heavy atom. The highest BCUT2D eigenvalue weighted by molar-refractivity contribution is 6.02. The molecule has 130 valence electrons. The highest BCUT2D eigenvalue weighted by Gasteiger charge is 2.31. The molecule has 3 aromatic rings. The van der Waals surface area contributed by atoms with Gasteiger partial charge in [-0.05, 0) is 36.4 Å². The zero-order valence-corrected chi connectivity index (χ0v) is 13.6. The first kappa shape index (κ1) is 16.1. The molecule has 0 saturated carbocycles. The smallest absolute Gasteiger partial charge is 0.326 e. The van der Waals surface area contributed by atoms with Gasteiger partial charge < -0.3 is 10.1 Å². The van der Waals surface area contributed by atoms with Crippen molar-refractivity contribution >= 4 is 17.4 Å². The van der Waals surface area contributed by atoms with Crippen LogP contribution in [0.25, 0.3) is 0 Å². The number of ether oxygens (including phenoxy) is 1. The largest absolute Gasteiger partial charge is 0.457 e. The van der Waals surface area contributed by atoms with Gasteiger partial charge in [-0.15, -0.1) is 0 Å². The topological polar surface area (TPSA) is 41.6 Å². The third-order valence-electron chi connectivity index (χ3n) is 4.10. The minimum Gasteiger partial charge on any atom is -0.457 e. The van der Waals surface area contributed by atoms with Gasteiger partial charge in [-0.3, -0.25) is 4.90 Å². The summed E-state index contributed by atoms with van der Waals surface area (Å²) in [5.74, 6) is -0.498. The van der Waals surface area contributed by atoms with Crippen molar-refractivity contribution < 1.29 is 18.3 Å². The molecule has 0 saturated heterocycles. The van der Waals surface area contributed by atoms with Crippen molar-refractivity contribution in [3.63, 3.8) is 0 Å². The van der Waals surface area contributed by atoms with Crippen LogP contribution in [0, 0.1) is 11.6 Å². The summed E-state index contributed by atoms with van der Waals surface area (Å²) >= 11 is 0. The first-order valence-corrected chi connectivity index (χ1v) is 8.02. The fourth-order valence-corrected chi connectivity index (χ4v) is 2.93. The minimum absolute atomic E-state index is 0.198. The lowest BCUT2D eigenvalue weighted by molar-refractivity contribution is 0.246. The summed E-state index contributed by atoms with van der Waals surface area (Å²) in [6.45, 7) is 0.198. The van der Waals surface area contributed by atoms with Gasteiger partial charge in [-0.2, -0.15) is 0 Å². The number of urea groups is 1. The number of hydrogen-bond acceptors (Lipinski definition) is 2. The number of carbonyl (C=O) groups is 1. The lowest BCUT2D eigenvalue weighted by atomic mass is 10.1. The normalized spacial score (nSPS) is 13.2. The maximum Gasteiger partial charge on any atom is 0.326 e. The molecule has 0 bridgehead atoms. The van der Waals surface area contributed by atoms with Crippen LogP contribution in [-0.4, -0.2) is 6.03 Å². The number of anilines is 2. The first-order chi connectivity index (χ1) is 12.6. The number of fused-ring (bicyclic) bond motifs is 1. The van der Waals surface area contributed by atoms with Gasteiger partial charge in [0.15, 0.2) is 0 Å². The molecule has 0 unspecified atom stereocenters. The van der Waals surface area contributed by atoms with E-state index in [-0.39, 0.29) is 6.54 Å². The molecular weight excluding hydrogens is 338 g/mol. The highest BCUT2D eigenvalue weighted by Crippen LogP contribution is 2.39. The molecule has 26 heavy (non-hydrogen) atoms. The Morgan fingerprint density at radius 1 is 0.885 bits per heavy atom. The van der Waals surface area contributed by atoms with E-state index in [1.165, 1.54) is 6.07 Å². The number of benzene rings is 3. The molecule has 1 aliphatic rings. The van der Waals surface area contributed by atoms with Gasteiger partial charge >= 0.3 is 6.03 Å². The second-order valence-electron chi connectivity index (χ2n) is 5.73. The van der Waals surface area contributed by atoms with Crippen LogP contribution in [0.5, 0.6) is 11.5 Å². The quantitative estimate of drug-likeness (QED) is 0.711. The molecular formula is C20H14F2N2O2. The van der Waals surface area contributed by atoms with Gasteiger partial charge in [0.2, 0.25) is 0 Å². The summed E-state index contributed by atoms with van der Waals surface area (Å²) in [5, 5.41) is 2.64. The number of hydrogen-bond donors (Lipinski definition) is 1. The predicted octanol–water partition coefficient (Wildman–Crippen LogP) is 5.12. The summed E-state index contributed by atoms with van der Waals surface area (Å²) in [7, 11) is 0. The number of rotatable bonds is 3. The molecule has 6 heteroatoms. The second-order valence-corrected chi connectivity index (χ2v) is 5.73. The third-order valence-corrected chi connectivity index (χ3v) is 4.10. The first-order valence-electron chi connectivity index (χ1n) is 8.02. The highest BCUT2D eigenvalue weighted by atomic mass is 19.1. The van der Waals surface area contributed by atoms with Gasteiger partial charge in [0.25, 0.3) is 0 Å². The molecule has 1 N–H and O–H groups in total. The number of amides is 2. The van der Waals surface area contributed by atoms with Gasteiger partial charge in [0.05, 0.1) is 12.2 Å². The molecule has 0 aliphatic carbocycles. The maximum absolute atomic E-state index is 14.3. The lowest BCUT2D eigenvalue weighted by Crippen LogP contribution is -2.42. The molecule has 4 nitrogen and oxygen atoms in total. The zero-order valence-electron chi connectivity index (χ0n) is 13.6. The van der Waals surface area contributed by atoms with E-state index in [4.69, 9.17) is 4.74 Å². The van der Waals surface area contributed by atoms with E-state index in [9.17, 15) is 13.6 Å². The van der Waals surface area contributed by atoms with Crippen molar-refractivity contribution in [3.8, 4) is 11.5 Å². The Balaban J connectivity index is 1.82. The molecule has 0 spiro atoms. The van der Waals surface area contributed by atoms with Crippen LogP contribution in [0.15, 0.2) is 66.7 Å². The summed E-state index contributed by atoms with van der Waals surface area (Å²) in [4.78, 5) is 13.4. The Labute approximate surface area is 148 Å². The van der Waals surface area contributed by atoms with Crippen molar-refractivity contribution in [2.45, 2.75) is 6.54 Å². The van der Waals surface area contributed by atoms with Gasteiger partial charge in [-0.25, -0.2) is 13.6 Å². The van der Waals surface area contributed by atoms with Gasteiger partial charge in [-0.1, -0.05) is 30.3 Å². The predicted molar refractivity (Wildman–Crippen MR) is 93.7 cm³/mol. The average molecular weight is 352 g/mol. The fraction of sp³-hybridized carbons (Fsp3) is 0.0500. The van der Waals surface area contributed by atoms with Crippen molar-refractivity contribution in [2.75, 3.05) is 4.90 Å². The van der Waals surface area contributed by atoms with E-state index >= 15 is 0 Å². The molecule has 0 atom stereocenters. The lowest BCUT2D eigenvalue weighted by Gasteiger charge is -2.31. The zero-order chi connectivity index (χ0) is 18.1. The Bertz CT molecular complexity index is 957. The second kappa shape index (κ2) is 6.48. The third kappa shape index (κ3) is 2.75. The average Bonchev–Trinajstić information content (AvgIpc) is 2.64. The van der Waals surface area contributed by atoms with Gasteiger partial charge in [0, 0.05) is 5.56 Å². The Kier molecular flexibility index (Phi) is 4.01. The van der Waals surface area contributed by atoms with Crippen LogP contribution in [0.3, 0.4) is 0 Å². The summed E-state index contributed by atoms with van der Waals surface area (Å²) in [6.07, 6.45) is 0. The number of halogens is 2. The van der Waals surface area contributed by atoms with Crippen LogP contribution >= 0.6 is 0 Å². The van der Waals surface area contributed by atoms with Crippen LogP contribution in [0.2, 0.25) is 0 Å². The monoisotopic (exact) mass is 352 g/mol. The van der Waals surface area contributed by atoms with Crippen molar-refractivity contribution in [1.29, 1.82) is 0 Å². The molecule has 4 rings (SSSR count). The molecule has 0 radical (unpaired) electrons. The maximum atomic E-state index is 14.3. The molecule has 0 aromatic heterocycles. The Hall–Kier alpha value is -3.41. The van der Waals surface area contributed by atoms with E-state index in [1.54, 1.807) is 30.3 Å². The summed E-state index contributed by atoms with van der Waals surface area (Å²) in [6, 6.07) is 17.1. The molecule has 2 amide bonds. The van der Waals surface area contributed by atoms with Crippen LogP contribution < -0.4 is 15.0 Å². The summed E-state index contributed by atoms with van der Waals surface area (Å²) in [5.41, 5.74) is 0.604.